The molecule has 0 spiro atoms. The average molecular weight is 391 g/mol. The average Bonchev–Trinajstić information content (AvgIpc) is 3.58. The Bertz CT molecular complexity index is 901. The fourth-order valence-corrected chi connectivity index (χ4v) is 4.56. The highest BCUT2D eigenvalue weighted by atomic mass is 16.2. The Balaban J connectivity index is 1.67. The molecule has 1 heterocycles. The maximum Gasteiger partial charge on any atom is 0.258 e. The predicted octanol–water partition coefficient (Wildman–Crippen LogP) is 4.78. The van der Waals surface area contributed by atoms with Crippen molar-refractivity contribution >= 4 is 17.5 Å². The first-order chi connectivity index (χ1) is 14.0. The normalized spacial score (nSPS) is 20.9. The molecule has 2 aliphatic rings. The molecule has 4 heteroatoms. The van der Waals surface area contributed by atoms with Crippen LogP contribution in [0.4, 0.5) is 5.69 Å². The zero-order valence-electron chi connectivity index (χ0n) is 17.6. The summed E-state index contributed by atoms with van der Waals surface area (Å²) >= 11 is 0. The lowest BCUT2D eigenvalue weighted by Crippen LogP contribution is -2.47. The molecule has 2 aromatic carbocycles. The first kappa shape index (κ1) is 19.7. The largest absolute Gasteiger partial charge is 0.339 e. The number of aryl methyl sites for hydroxylation is 1. The Labute approximate surface area is 173 Å². The summed E-state index contributed by atoms with van der Waals surface area (Å²) in [5, 5.41) is 0. The van der Waals surface area contributed by atoms with Gasteiger partial charge in [-0.2, -0.15) is 0 Å². The van der Waals surface area contributed by atoms with Crippen LogP contribution in [0.25, 0.3) is 0 Å². The molecular weight excluding hydrogens is 360 g/mol. The third-order valence-electron chi connectivity index (χ3n) is 6.33. The van der Waals surface area contributed by atoms with Gasteiger partial charge in [-0.3, -0.25) is 9.59 Å². The summed E-state index contributed by atoms with van der Waals surface area (Å²) < 4.78 is 0. The molecule has 2 aromatic rings. The molecule has 0 N–H and O–H groups in total. The Hall–Kier alpha value is -2.62. The second-order valence-corrected chi connectivity index (χ2v) is 8.28. The van der Waals surface area contributed by atoms with Crippen molar-refractivity contribution in [1.82, 2.24) is 4.90 Å². The second-order valence-electron chi connectivity index (χ2n) is 8.28. The summed E-state index contributed by atoms with van der Waals surface area (Å²) in [6.45, 7) is 6.98. The molecule has 4 nitrogen and oxygen atoms in total. The van der Waals surface area contributed by atoms with Crippen molar-refractivity contribution < 1.29 is 9.59 Å². The van der Waals surface area contributed by atoms with Gasteiger partial charge in [0.05, 0.1) is 5.92 Å². The molecule has 1 aliphatic carbocycles. The summed E-state index contributed by atoms with van der Waals surface area (Å²) in [6, 6.07) is 16.2. The highest BCUT2D eigenvalue weighted by Gasteiger charge is 2.41. The van der Waals surface area contributed by atoms with Gasteiger partial charge in [0.25, 0.3) is 5.91 Å². The fourth-order valence-electron chi connectivity index (χ4n) is 4.56. The van der Waals surface area contributed by atoms with E-state index in [2.05, 4.69) is 20.8 Å². The van der Waals surface area contributed by atoms with Gasteiger partial charge in [0.15, 0.2) is 0 Å². The van der Waals surface area contributed by atoms with Gasteiger partial charge in [0.1, 0.15) is 0 Å². The Morgan fingerprint density at radius 2 is 1.72 bits per heavy atom. The van der Waals surface area contributed by atoms with Crippen molar-refractivity contribution in [3.63, 3.8) is 0 Å². The molecule has 0 unspecified atom stereocenters. The number of amides is 2. The van der Waals surface area contributed by atoms with E-state index < -0.39 is 0 Å². The van der Waals surface area contributed by atoms with E-state index in [4.69, 9.17) is 0 Å². The van der Waals surface area contributed by atoms with E-state index in [0.29, 0.717) is 18.0 Å². The number of carbonyl (C=O) groups is 2. The fraction of sp³-hybridized carbons (Fsp3) is 0.440. The minimum Gasteiger partial charge on any atom is -0.339 e. The number of carbonyl (C=O) groups excluding carboxylic acids is 2. The number of para-hydroxylation sites is 1. The van der Waals surface area contributed by atoms with E-state index in [-0.39, 0.29) is 23.8 Å². The topological polar surface area (TPSA) is 40.6 Å². The maximum atomic E-state index is 13.4. The zero-order valence-corrected chi connectivity index (χ0v) is 17.6. The number of hydrogen-bond donors (Lipinski definition) is 0. The lowest BCUT2D eigenvalue weighted by Gasteiger charge is -2.40. The minimum absolute atomic E-state index is 0.00745. The van der Waals surface area contributed by atoms with E-state index in [9.17, 15) is 9.59 Å². The third kappa shape index (κ3) is 3.68. The highest BCUT2D eigenvalue weighted by molar-refractivity contribution is 6.08. The van der Waals surface area contributed by atoms with Crippen LogP contribution in [0.1, 0.15) is 67.4 Å². The van der Waals surface area contributed by atoms with Crippen LogP contribution in [0.15, 0.2) is 48.5 Å². The van der Waals surface area contributed by atoms with Gasteiger partial charge in [-0.05, 0) is 68.9 Å². The summed E-state index contributed by atoms with van der Waals surface area (Å²) in [5.41, 5.74) is 3.77. The van der Waals surface area contributed by atoms with Crippen LogP contribution >= 0.6 is 0 Å². The number of nitrogens with zero attached hydrogens (tertiary/aromatic N) is 2. The van der Waals surface area contributed by atoms with Crippen molar-refractivity contribution in [2.75, 3.05) is 11.4 Å². The lowest BCUT2D eigenvalue weighted by atomic mass is 9.84. The van der Waals surface area contributed by atoms with Crippen LogP contribution in [0.5, 0.6) is 0 Å². The van der Waals surface area contributed by atoms with E-state index in [1.54, 1.807) is 0 Å². The van der Waals surface area contributed by atoms with Crippen LogP contribution in [-0.4, -0.2) is 35.3 Å². The van der Waals surface area contributed by atoms with Crippen molar-refractivity contribution in [2.24, 2.45) is 0 Å². The number of anilines is 1. The molecule has 152 valence electrons. The van der Waals surface area contributed by atoms with Crippen molar-refractivity contribution in [3.05, 3.63) is 65.2 Å². The van der Waals surface area contributed by atoms with E-state index in [0.717, 1.165) is 37.1 Å². The van der Waals surface area contributed by atoms with Crippen LogP contribution in [-0.2, 0) is 11.2 Å². The van der Waals surface area contributed by atoms with Crippen LogP contribution in [0, 0.1) is 0 Å². The molecule has 0 radical (unpaired) electrons. The molecule has 0 aromatic heterocycles. The van der Waals surface area contributed by atoms with Crippen LogP contribution < -0.4 is 4.90 Å². The zero-order chi connectivity index (χ0) is 20.5. The SMILES string of the molecule is CCc1ccc(C(=O)N2c3ccccc3[C@H](C(=O)N(CC)C3CC3)C[C@@H]2C)cc1. The summed E-state index contributed by atoms with van der Waals surface area (Å²) in [7, 11) is 0. The van der Waals surface area contributed by atoms with E-state index in [1.165, 1.54) is 5.56 Å². The molecule has 0 bridgehead atoms. The molecule has 2 atom stereocenters. The van der Waals surface area contributed by atoms with Crippen LogP contribution in [0.2, 0.25) is 0 Å². The van der Waals surface area contributed by atoms with E-state index in [1.807, 2.05) is 58.3 Å². The molecule has 1 aliphatic heterocycles. The number of rotatable bonds is 5. The van der Waals surface area contributed by atoms with Crippen molar-refractivity contribution in [2.45, 2.75) is 64.5 Å². The molecule has 2 amide bonds. The smallest absolute Gasteiger partial charge is 0.258 e. The van der Waals surface area contributed by atoms with Crippen molar-refractivity contribution in [1.29, 1.82) is 0 Å². The quantitative estimate of drug-likeness (QED) is 0.737. The molecule has 4 rings (SSSR count). The van der Waals surface area contributed by atoms with Gasteiger partial charge in [0.2, 0.25) is 5.91 Å². The van der Waals surface area contributed by atoms with Gasteiger partial charge in [-0.25, -0.2) is 0 Å². The van der Waals surface area contributed by atoms with E-state index >= 15 is 0 Å². The van der Waals surface area contributed by atoms with Gasteiger partial charge < -0.3 is 9.80 Å². The summed E-state index contributed by atoms with van der Waals surface area (Å²) in [4.78, 5) is 30.7. The number of hydrogen-bond acceptors (Lipinski definition) is 2. The molecule has 1 fully saturated rings. The number of fused-ring (bicyclic) bond motifs is 1. The van der Waals surface area contributed by atoms with Gasteiger partial charge in [-0.15, -0.1) is 0 Å². The van der Waals surface area contributed by atoms with Crippen molar-refractivity contribution in [3.8, 4) is 0 Å². The first-order valence-electron chi connectivity index (χ1n) is 10.9. The Morgan fingerprint density at radius 1 is 1.03 bits per heavy atom. The van der Waals surface area contributed by atoms with Gasteiger partial charge in [0, 0.05) is 29.9 Å². The molecular formula is C25H30N2O2. The third-order valence-corrected chi connectivity index (χ3v) is 6.33. The Kier molecular flexibility index (Phi) is 5.44. The monoisotopic (exact) mass is 390 g/mol. The summed E-state index contributed by atoms with van der Waals surface area (Å²) in [5.74, 6) is 0.0509. The predicted molar refractivity (Wildman–Crippen MR) is 116 cm³/mol. The van der Waals surface area contributed by atoms with Crippen LogP contribution in [0.3, 0.4) is 0 Å². The summed E-state index contributed by atoms with van der Waals surface area (Å²) in [6.07, 6.45) is 3.84. The molecule has 1 saturated carbocycles. The second kappa shape index (κ2) is 8.02. The first-order valence-corrected chi connectivity index (χ1v) is 10.9. The van der Waals surface area contributed by atoms with Gasteiger partial charge in [-0.1, -0.05) is 37.3 Å². The Morgan fingerprint density at radius 3 is 2.34 bits per heavy atom. The molecule has 29 heavy (non-hydrogen) atoms. The standard InChI is InChI=1S/C25H30N2O2/c1-4-18-10-12-19(13-11-18)24(28)27-17(3)16-22(21-8-6-7-9-23(21)27)25(29)26(5-2)20-14-15-20/h6-13,17,20,22H,4-5,14-16H2,1-3H3/t17-,22+/m0/s1. The highest BCUT2D eigenvalue weighted by Crippen LogP contribution is 2.41. The minimum atomic E-state index is -0.173. The number of likely N-dealkylation sites (N-methyl/N-ethyl adjacent to an activating group) is 1. The number of benzene rings is 2. The molecule has 0 saturated heterocycles. The van der Waals surface area contributed by atoms with Gasteiger partial charge >= 0.3 is 0 Å². The maximum absolute atomic E-state index is 13.4. The lowest BCUT2D eigenvalue weighted by molar-refractivity contribution is -0.133.